The molecule has 3 aliphatic carbocycles. The Morgan fingerprint density at radius 2 is 1.69 bits per heavy atom. The summed E-state index contributed by atoms with van der Waals surface area (Å²) in [5.74, 6) is 2.41. The molecule has 0 N–H and O–H groups in total. The van der Waals surface area contributed by atoms with E-state index in [1.54, 1.807) is 4.90 Å². The Morgan fingerprint density at radius 1 is 0.943 bits per heavy atom. The van der Waals surface area contributed by atoms with E-state index in [1.807, 2.05) is 50.6 Å². The summed E-state index contributed by atoms with van der Waals surface area (Å²) in [6.07, 6.45) is 21.1. The number of carbonyl (C=O) groups is 1. The monoisotopic (exact) mass is 473 g/mol. The molecule has 0 radical (unpaired) electrons. The molecule has 0 bridgehead atoms. The summed E-state index contributed by atoms with van der Waals surface area (Å²) in [5, 5.41) is 9.01. The summed E-state index contributed by atoms with van der Waals surface area (Å²) in [4.78, 5) is 23.5. The molecule has 0 aromatic carbocycles. The summed E-state index contributed by atoms with van der Waals surface area (Å²) in [6.45, 7) is 0. The van der Waals surface area contributed by atoms with Crippen LogP contribution in [0.25, 0.3) is 11.1 Å². The Hall–Kier alpha value is -3.03. The first-order chi connectivity index (χ1) is 16.9. The molecule has 3 fully saturated rings. The first-order valence-corrected chi connectivity index (χ1v) is 13.0. The smallest absolute Gasteiger partial charge is 0.225 e. The van der Waals surface area contributed by atoms with E-state index >= 15 is 0 Å². The standard InChI is InChI=1S/C27H35N7O/c1-32(2)26(35)20-8-27(9-20)10-24(11-27)34-17-23(15-31-34)21-12-28-25(29-13-21)19-6-4-5-18(7-19)22-14-30-33(3)16-22/h12-20,24H,4-11H2,1-3H3. The van der Waals surface area contributed by atoms with Crippen LogP contribution in [0.4, 0.5) is 0 Å². The molecule has 1 spiro atoms. The highest BCUT2D eigenvalue weighted by Crippen LogP contribution is 2.62. The van der Waals surface area contributed by atoms with Gasteiger partial charge < -0.3 is 4.90 Å². The zero-order chi connectivity index (χ0) is 24.2. The first kappa shape index (κ1) is 22.4. The van der Waals surface area contributed by atoms with Crippen LogP contribution in [0.1, 0.15) is 80.6 Å². The van der Waals surface area contributed by atoms with Crippen LogP contribution in [0, 0.1) is 11.3 Å². The van der Waals surface area contributed by atoms with Crippen molar-refractivity contribution in [2.45, 2.75) is 69.2 Å². The van der Waals surface area contributed by atoms with Crippen LogP contribution in [0.2, 0.25) is 0 Å². The predicted molar refractivity (Wildman–Crippen MR) is 133 cm³/mol. The van der Waals surface area contributed by atoms with Crippen molar-refractivity contribution in [1.29, 1.82) is 0 Å². The minimum absolute atomic E-state index is 0.221. The van der Waals surface area contributed by atoms with Crippen LogP contribution < -0.4 is 0 Å². The lowest BCUT2D eigenvalue weighted by molar-refractivity contribution is -0.148. The summed E-state index contributed by atoms with van der Waals surface area (Å²) in [7, 11) is 5.69. The quantitative estimate of drug-likeness (QED) is 0.551. The predicted octanol–water partition coefficient (Wildman–Crippen LogP) is 4.33. The summed E-state index contributed by atoms with van der Waals surface area (Å²) in [5.41, 5.74) is 3.80. The van der Waals surface area contributed by atoms with Gasteiger partial charge in [-0.05, 0) is 61.8 Å². The summed E-state index contributed by atoms with van der Waals surface area (Å²) >= 11 is 0. The maximum Gasteiger partial charge on any atom is 0.225 e. The number of amides is 1. The summed E-state index contributed by atoms with van der Waals surface area (Å²) < 4.78 is 4.00. The number of hydrogen-bond acceptors (Lipinski definition) is 5. The number of nitrogens with zero attached hydrogens (tertiary/aromatic N) is 7. The fraction of sp³-hybridized carbons (Fsp3) is 0.593. The van der Waals surface area contributed by atoms with E-state index < -0.39 is 0 Å². The molecular weight excluding hydrogens is 438 g/mol. The molecule has 2 unspecified atom stereocenters. The Bertz CT molecular complexity index is 1200. The minimum atomic E-state index is 0.221. The molecule has 8 nitrogen and oxygen atoms in total. The fourth-order valence-corrected chi connectivity index (χ4v) is 6.75. The first-order valence-electron chi connectivity index (χ1n) is 13.0. The van der Waals surface area contributed by atoms with Crippen LogP contribution in [0.3, 0.4) is 0 Å². The average Bonchev–Trinajstić information content (AvgIpc) is 3.47. The highest BCUT2D eigenvalue weighted by molar-refractivity contribution is 5.79. The lowest BCUT2D eigenvalue weighted by Crippen LogP contribution is -2.52. The van der Waals surface area contributed by atoms with Gasteiger partial charge in [-0.15, -0.1) is 0 Å². The Labute approximate surface area is 206 Å². The molecule has 0 saturated heterocycles. The fourth-order valence-electron chi connectivity index (χ4n) is 6.75. The van der Waals surface area contributed by atoms with Gasteiger partial charge in [0, 0.05) is 68.9 Å². The second-order valence-electron chi connectivity index (χ2n) is 11.4. The molecule has 3 aliphatic rings. The van der Waals surface area contributed by atoms with Gasteiger partial charge >= 0.3 is 0 Å². The van der Waals surface area contributed by atoms with Crippen molar-refractivity contribution in [2.24, 2.45) is 18.4 Å². The van der Waals surface area contributed by atoms with Gasteiger partial charge in [-0.2, -0.15) is 10.2 Å². The Kier molecular flexibility index (Phi) is 5.49. The molecule has 35 heavy (non-hydrogen) atoms. The SMILES string of the molecule is CN(C)C(=O)C1CC2(C1)CC(n1cc(-c3cnc(C4CCCC(c5cnn(C)c5)C4)nc3)cn1)C2. The number of carbonyl (C=O) groups excluding carboxylic acids is 1. The van der Waals surface area contributed by atoms with Crippen molar-refractivity contribution < 1.29 is 4.79 Å². The van der Waals surface area contributed by atoms with Crippen LogP contribution >= 0.6 is 0 Å². The molecule has 3 saturated carbocycles. The topological polar surface area (TPSA) is 81.7 Å². The third kappa shape index (κ3) is 4.17. The van der Waals surface area contributed by atoms with Gasteiger partial charge in [0.15, 0.2) is 0 Å². The van der Waals surface area contributed by atoms with Crippen LogP contribution in [0.15, 0.2) is 37.2 Å². The lowest BCUT2D eigenvalue weighted by Gasteiger charge is -2.57. The van der Waals surface area contributed by atoms with E-state index in [0.717, 1.165) is 55.5 Å². The maximum atomic E-state index is 12.2. The molecule has 1 amide bonds. The number of aryl methyl sites for hydroxylation is 1. The highest BCUT2D eigenvalue weighted by Gasteiger charge is 2.55. The van der Waals surface area contributed by atoms with Crippen LogP contribution in [-0.4, -0.2) is 54.4 Å². The van der Waals surface area contributed by atoms with Crippen molar-refractivity contribution in [1.82, 2.24) is 34.4 Å². The molecule has 8 heteroatoms. The van der Waals surface area contributed by atoms with Crippen LogP contribution in [-0.2, 0) is 11.8 Å². The van der Waals surface area contributed by atoms with Crippen molar-refractivity contribution in [3.63, 3.8) is 0 Å². The van der Waals surface area contributed by atoms with Gasteiger partial charge in [-0.3, -0.25) is 14.2 Å². The third-order valence-corrected chi connectivity index (χ3v) is 8.70. The second kappa shape index (κ2) is 8.57. The summed E-state index contributed by atoms with van der Waals surface area (Å²) in [6, 6.07) is 0.436. The molecular formula is C27H35N7O. The molecule has 3 aromatic rings. The van der Waals surface area contributed by atoms with Gasteiger partial charge in [0.1, 0.15) is 5.82 Å². The van der Waals surface area contributed by atoms with E-state index in [2.05, 4.69) is 27.3 Å². The largest absolute Gasteiger partial charge is 0.349 e. The van der Waals surface area contributed by atoms with E-state index in [9.17, 15) is 4.79 Å². The molecule has 6 rings (SSSR count). The van der Waals surface area contributed by atoms with Crippen LogP contribution in [0.5, 0.6) is 0 Å². The van der Waals surface area contributed by atoms with Crippen molar-refractivity contribution in [3.05, 3.63) is 48.6 Å². The minimum Gasteiger partial charge on any atom is -0.349 e. The number of aromatic nitrogens is 6. The zero-order valence-corrected chi connectivity index (χ0v) is 21.0. The van der Waals surface area contributed by atoms with E-state index in [4.69, 9.17) is 9.97 Å². The molecule has 3 aromatic heterocycles. The lowest BCUT2D eigenvalue weighted by atomic mass is 9.50. The van der Waals surface area contributed by atoms with Crippen molar-refractivity contribution in [3.8, 4) is 11.1 Å². The van der Waals surface area contributed by atoms with Gasteiger partial charge in [-0.25, -0.2) is 9.97 Å². The number of hydrogen-bond donors (Lipinski definition) is 0. The van der Waals surface area contributed by atoms with Gasteiger partial charge in [0.25, 0.3) is 0 Å². The molecule has 184 valence electrons. The Balaban J connectivity index is 1.06. The Morgan fingerprint density at radius 3 is 2.37 bits per heavy atom. The van der Waals surface area contributed by atoms with Crippen molar-refractivity contribution in [2.75, 3.05) is 14.1 Å². The van der Waals surface area contributed by atoms with Gasteiger partial charge in [0.2, 0.25) is 5.91 Å². The maximum absolute atomic E-state index is 12.2. The molecule has 3 heterocycles. The van der Waals surface area contributed by atoms with Gasteiger partial charge in [-0.1, -0.05) is 6.42 Å². The van der Waals surface area contributed by atoms with E-state index in [1.165, 1.54) is 18.4 Å². The number of rotatable bonds is 5. The van der Waals surface area contributed by atoms with E-state index in [-0.39, 0.29) is 11.8 Å². The zero-order valence-electron chi connectivity index (χ0n) is 21.0. The molecule has 0 aliphatic heterocycles. The molecule has 2 atom stereocenters. The normalized spacial score (nSPS) is 30.0. The average molecular weight is 474 g/mol. The third-order valence-electron chi connectivity index (χ3n) is 8.70. The van der Waals surface area contributed by atoms with Gasteiger partial charge in [0.05, 0.1) is 18.4 Å². The second-order valence-corrected chi connectivity index (χ2v) is 11.4. The van der Waals surface area contributed by atoms with E-state index in [0.29, 0.717) is 23.3 Å². The van der Waals surface area contributed by atoms with Crippen molar-refractivity contribution >= 4 is 5.91 Å². The highest BCUT2D eigenvalue weighted by atomic mass is 16.2.